The van der Waals surface area contributed by atoms with Crippen LogP contribution in [0.3, 0.4) is 0 Å². The van der Waals surface area contributed by atoms with E-state index in [0.29, 0.717) is 23.9 Å². The van der Waals surface area contributed by atoms with E-state index in [1.165, 1.54) is 0 Å². The van der Waals surface area contributed by atoms with Crippen molar-refractivity contribution in [2.75, 3.05) is 30.7 Å². The molecular formula is C16H23N3O2. The van der Waals surface area contributed by atoms with Gasteiger partial charge in [0, 0.05) is 43.3 Å². The third-order valence-corrected chi connectivity index (χ3v) is 4.72. The topological polar surface area (TPSA) is 78.6 Å². The Morgan fingerprint density at radius 2 is 2.24 bits per heavy atom. The van der Waals surface area contributed by atoms with Gasteiger partial charge in [-0.2, -0.15) is 0 Å². The molecule has 1 heterocycles. The lowest BCUT2D eigenvalue weighted by molar-refractivity contribution is -0.116. The average molecular weight is 289 g/mol. The van der Waals surface area contributed by atoms with Crippen molar-refractivity contribution < 1.29 is 9.90 Å². The highest BCUT2D eigenvalue weighted by Crippen LogP contribution is 2.37. The summed E-state index contributed by atoms with van der Waals surface area (Å²) in [6.45, 7) is 2.71. The monoisotopic (exact) mass is 289 g/mol. The Morgan fingerprint density at radius 1 is 1.38 bits per heavy atom. The number of nitrogens with two attached hydrogens (primary N) is 1. The zero-order valence-corrected chi connectivity index (χ0v) is 12.2. The second-order valence-electron chi connectivity index (χ2n) is 6.25. The predicted octanol–water partition coefficient (Wildman–Crippen LogP) is 1.30. The van der Waals surface area contributed by atoms with E-state index in [1.54, 1.807) is 12.1 Å². The molecule has 0 bridgehead atoms. The molecule has 0 spiro atoms. The fraction of sp³-hybridized carbons (Fsp3) is 0.562. The van der Waals surface area contributed by atoms with Crippen molar-refractivity contribution in [2.24, 2.45) is 11.8 Å². The van der Waals surface area contributed by atoms with Crippen molar-refractivity contribution in [3.8, 4) is 0 Å². The lowest BCUT2D eigenvalue weighted by Crippen LogP contribution is -2.28. The molecule has 114 valence electrons. The lowest BCUT2D eigenvalue weighted by atomic mass is 10.00. The van der Waals surface area contributed by atoms with Crippen molar-refractivity contribution >= 4 is 17.3 Å². The summed E-state index contributed by atoms with van der Waals surface area (Å²) in [6, 6.07) is 7.22. The summed E-state index contributed by atoms with van der Waals surface area (Å²) in [5, 5.41) is 12.8. The third-order valence-electron chi connectivity index (χ3n) is 4.72. The number of carbonyl (C=O) groups is 1. The van der Waals surface area contributed by atoms with Gasteiger partial charge < -0.3 is 21.1 Å². The Kier molecular flexibility index (Phi) is 4.12. The number of amides is 1. The standard InChI is InChI=1S/C16H23N3O2/c17-12-2-1-3-13(8-12)18-16(21)6-7-19-9-11-4-5-15(20)14(11)10-19/h1-3,8,11,14-15,20H,4-7,9-10,17H2,(H,18,21). The minimum atomic E-state index is -0.138. The molecule has 3 rings (SSSR count). The number of anilines is 2. The molecule has 2 aliphatic rings. The smallest absolute Gasteiger partial charge is 0.225 e. The largest absolute Gasteiger partial charge is 0.399 e. The molecule has 1 aliphatic carbocycles. The number of hydrogen-bond acceptors (Lipinski definition) is 4. The molecule has 3 unspecified atom stereocenters. The fourth-order valence-corrected chi connectivity index (χ4v) is 3.61. The van der Waals surface area contributed by atoms with E-state index in [0.717, 1.165) is 38.2 Å². The first-order valence-electron chi connectivity index (χ1n) is 7.67. The maximum Gasteiger partial charge on any atom is 0.225 e. The van der Waals surface area contributed by atoms with E-state index in [-0.39, 0.29) is 12.0 Å². The molecule has 3 atom stereocenters. The van der Waals surface area contributed by atoms with Gasteiger partial charge in [0.05, 0.1) is 6.10 Å². The molecule has 5 nitrogen and oxygen atoms in total. The highest BCUT2D eigenvalue weighted by molar-refractivity contribution is 5.91. The van der Waals surface area contributed by atoms with Crippen LogP contribution in [0.5, 0.6) is 0 Å². The molecule has 2 fully saturated rings. The number of nitrogen functional groups attached to an aromatic ring is 1. The van der Waals surface area contributed by atoms with Gasteiger partial charge in [0.2, 0.25) is 5.91 Å². The molecule has 1 saturated heterocycles. The quantitative estimate of drug-likeness (QED) is 0.730. The Morgan fingerprint density at radius 3 is 3.00 bits per heavy atom. The fourth-order valence-electron chi connectivity index (χ4n) is 3.61. The second kappa shape index (κ2) is 6.03. The number of likely N-dealkylation sites (tertiary alicyclic amines) is 1. The number of fused-ring (bicyclic) bond motifs is 1. The zero-order chi connectivity index (χ0) is 14.8. The normalized spacial score (nSPS) is 28.5. The molecule has 0 radical (unpaired) electrons. The van der Waals surface area contributed by atoms with Crippen LogP contribution in [0.1, 0.15) is 19.3 Å². The summed E-state index contributed by atoms with van der Waals surface area (Å²) in [4.78, 5) is 14.3. The van der Waals surface area contributed by atoms with Crippen molar-refractivity contribution in [1.29, 1.82) is 0 Å². The van der Waals surface area contributed by atoms with E-state index in [1.807, 2.05) is 12.1 Å². The van der Waals surface area contributed by atoms with Crippen molar-refractivity contribution in [3.63, 3.8) is 0 Å². The Balaban J connectivity index is 1.44. The number of carbonyl (C=O) groups excluding carboxylic acids is 1. The number of aliphatic hydroxyl groups is 1. The molecule has 1 amide bonds. The number of rotatable bonds is 4. The van der Waals surface area contributed by atoms with Crippen LogP contribution in [0.4, 0.5) is 11.4 Å². The minimum Gasteiger partial charge on any atom is -0.399 e. The highest BCUT2D eigenvalue weighted by Gasteiger charge is 2.41. The zero-order valence-electron chi connectivity index (χ0n) is 12.2. The van der Waals surface area contributed by atoms with Crippen LogP contribution < -0.4 is 11.1 Å². The van der Waals surface area contributed by atoms with Gasteiger partial charge in [0.25, 0.3) is 0 Å². The molecule has 1 aliphatic heterocycles. The average Bonchev–Trinajstić information content (AvgIpc) is 2.99. The maximum absolute atomic E-state index is 12.0. The molecule has 5 heteroatoms. The number of benzene rings is 1. The van der Waals surface area contributed by atoms with Crippen LogP contribution in [-0.4, -0.2) is 41.7 Å². The van der Waals surface area contributed by atoms with Crippen molar-refractivity contribution in [2.45, 2.75) is 25.4 Å². The molecule has 0 aromatic heterocycles. The minimum absolute atomic E-state index is 0.0122. The first-order valence-corrected chi connectivity index (χ1v) is 7.67. The third kappa shape index (κ3) is 3.36. The van der Waals surface area contributed by atoms with E-state index >= 15 is 0 Å². The number of aliphatic hydroxyl groups excluding tert-OH is 1. The van der Waals surface area contributed by atoms with Crippen molar-refractivity contribution in [3.05, 3.63) is 24.3 Å². The van der Waals surface area contributed by atoms with Crippen LogP contribution >= 0.6 is 0 Å². The second-order valence-corrected chi connectivity index (χ2v) is 6.25. The van der Waals surface area contributed by atoms with Crippen LogP contribution in [-0.2, 0) is 4.79 Å². The Labute approximate surface area is 125 Å². The maximum atomic E-state index is 12.0. The van der Waals surface area contributed by atoms with Gasteiger partial charge in [0.1, 0.15) is 0 Å². The molecular weight excluding hydrogens is 266 g/mol. The first kappa shape index (κ1) is 14.4. The van der Waals surface area contributed by atoms with E-state index < -0.39 is 0 Å². The van der Waals surface area contributed by atoms with Gasteiger partial charge >= 0.3 is 0 Å². The molecule has 21 heavy (non-hydrogen) atoms. The Hall–Kier alpha value is -1.59. The summed E-state index contributed by atoms with van der Waals surface area (Å²) < 4.78 is 0. The lowest BCUT2D eigenvalue weighted by Gasteiger charge is -2.17. The Bertz CT molecular complexity index is 520. The predicted molar refractivity (Wildman–Crippen MR) is 82.8 cm³/mol. The summed E-state index contributed by atoms with van der Waals surface area (Å²) in [5.74, 6) is 1.05. The van der Waals surface area contributed by atoms with Gasteiger partial charge in [-0.1, -0.05) is 6.07 Å². The number of nitrogens with zero attached hydrogens (tertiary/aromatic N) is 1. The molecule has 4 N–H and O–H groups in total. The molecule has 1 saturated carbocycles. The highest BCUT2D eigenvalue weighted by atomic mass is 16.3. The number of hydrogen-bond donors (Lipinski definition) is 3. The molecule has 1 aromatic rings. The van der Waals surface area contributed by atoms with Gasteiger partial charge in [-0.25, -0.2) is 0 Å². The van der Waals surface area contributed by atoms with Gasteiger partial charge in [-0.15, -0.1) is 0 Å². The van der Waals surface area contributed by atoms with Crippen molar-refractivity contribution in [1.82, 2.24) is 4.90 Å². The van der Waals surface area contributed by atoms with E-state index in [2.05, 4.69) is 10.2 Å². The van der Waals surface area contributed by atoms with Crippen LogP contribution in [0.25, 0.3) is 0 Å². The van der Waals surface area contributed by atoms with Gasteiger partial charge in [-0.3, -0.25) is 4.79 Å². The SMILES string of the molecule is Nc1cccc(NC(=O)CCN2CC3CCC(O)C3C2)c1. The van der Waals surface area contributed by atoms with Gasteiger partial charge in [-0.05, 0) is 37.0 Å². The summed E-state index contributed by atoms with van der Waals surface area (Å²) in [5.41, 5.74) is 7.08. The first-order chi connectivity index (χ1) is 10.1. The number of nitrogens with one attached hydrogen (secondary N) is 1. The van der Waals surface area contributed by atoms with Crippen LogP contribution in [0.2, 0.25) is 0 Å². The van der Waals surface area contributed by atoms with E-state index in [4.69, 9.17) is 5.73 Å². The van der Waals surface area contributed by atoms with Crippen LogP contribution in [0.15, 0.2) is 24.3 Å². The summed E-state index contributed by atoms with van der Waals surface area (Å²) >= 11 is 0. The summed E-state index contributed by atoms with van der Waals surface area (Å²) in [6.07, 6.45) is 2.41. The van der Waals surface area contributed by atoms with Crippen LogP contribution in [0, 0.1) is 11.8 Å². The van der Waals surface area contributed by atoms with Gasteiger partial charge in [0.15, 0.2) is 0 Å². The van der Waals surface area contributed by atoms with E-state index in [9.17, 15) is 9.90 Å². The summed E-state index contributed by atoms with van der Waals surface area (Å²) in [7, 11) is 0. The molecule has 1 aromatic carbocycles.